The first-order valence-corrected chi connectivity index (χ1v) is 15.0. The van der Waals surface area contributed by atoms with Gasteiger partial charge < -0.3 is 4.40 Å². The molecule has 7 rings (SSSR count). The summed E-state index contributed by atoms with van der Waals surface area (Å²) in [6.07, 6.45) is 8.56. The molecule has 0 saturated heterocycles. The van der Waals surface area contributed by atoms with E-state index in [1.165, 1.54) is 96.9 Å². The van der Waals surface area contributed by atoms with E-state index in [1.54, 1.807) is 0 Å². The molecule has 39 heavy (non-hydrogen) atoms. The molecule has 1 aliphatic carbocycles. The van der Waals surface area contributed by atoms with E-state index in [0.29, 0.717) is 11.3 Å². The van der Waals surface area contributed by atoms with Crippen LogP contribution in [0.25, 0.3) is 49.0 Å². The fraction of sp³-hybridized carbons (Fsp3) is 0.432. The summed E-state index contributed by atoms with van der Waals surface area (Å²) in [6.45, 7) is 16.6. The van der Waals surface area contributed by atoms with E-state index in [1.807, 2.05) is 0 Å². The van der Waals surface area contributed by atoms with Crippen molar-refractivity contribution in [3.8, 4) is 0 Å². The number of hydrogen-bond donors (Lipinski definition) is 0. The lowest BCUT2D eigenvalue weighted by atomic mass is 9.71. The van der Waals surface area contributed by atoms with Crippen molar-refractivity contribution in [3.05, 3.63) is 70.9 Å². The molecule has 200 valence electrons. The Bertz CT molecular complexity index is 1920. The summed E-state index contributed by atoms with van der Waals surface area (Å²) in [5, 5.41) is 7.06. The van der Waals surface area contributed by atoms with Crippen LogP contribution < -0.4 is 4.57 Å². The van der Waals surface area contributed by atoms with Crippen molar-refractivity contribution in [2.24, 2.45) is 17.9 Å². The van der Waals surface area contributed by atoms with Gasteiger partial charge in [-0.05, 0) is 109 Å². The van der Waals surface area contributed by atoms with Crippen LogP contribution in [0.3, 0.4) is 0 Å². The fourth-order valence-electron chi connectivity index (χ4n) is 7.74. The molecule has 3 aromatic carbocycles. The van der Waals surface area contributed by atoms with Crippen LogP contribution in [0.2, 0.25) is 0 Å². The highest BCUT2D eigenvalue weighted by atomic mass is 15.0. The lowest BCUT2D eigenvalue weighted by molar-refractivity contribution is -0.643. The largest absolute Gasteiger partial charge is 0.307 e. The number of pyridine rings is 2. The highest BCUT2D eigenvalue weighted by molar-refractivity contribution is 6.26. The molecule has 0 radical (unpaired) electrons. The molecule has 1 saturated carbocycles. The van der Waals surface area contributed by atoms with Crippen LogP contribution in [0.1, 0.15) is 88.5 Å². The average Bonchev–Trinajstić information content (AvgIpc) is 3.19. The number of rotatable bonds is 2. The van der Waals surface area contributed by atoms with Crippen LogP contribution in [0, 0.1) is 24.7 Å². The van der Waals surface area contributed by atoms with Crippen molar-refractivity contribution in [1.29, 1.82) is 0 Å². The van der Waals surface area contributed by atoms with Gasteiger partial charge in [-0.2, -0.15) is 0 Å². The fourth-order valence-corrected chi connectivity index (χ4v) is 7.74. The summed E-state index contributed by atoms with van der Waals surface area (Å²) in [6, 6.07) is 16.9. The molecule has 0 N–H and O–H groups in total. The van der Waals surface area contributed by atoms with Crippen molar-refractivity contribution in [3.63, 3.8) is 0 Å². The molecule has 1 fully saturated rings. The number of fused-ring (bicyclic) bond motifs is 5. The molecular formula is C37H43N2+. The van der Waals surface area contributed by atoms with Crippen molar-refractivity contribution in [2.45, 2.75) is 86.5 Å². The van der Waals surface area contributed by atoms with Crippen LogP contribution >= 0.6 is 0 Å². The van der Waals surface area contributed by atoms with E-state index in [4.69, 9.17) is 0 Å². The maximum Gasteiger partial charge on any atom is 0.224 e. The topological polar surface area (TPSA) is 8.29 Å². The summed E-state index contributed by atoms with van der Waals surface area (Å²) >= 11 is 0. The molecule has 1 aliphatic rings. The van der Waals surface area contributed by atoms with Crippen molar-refractivity contribution in [2.75, 3.05) is 0 Å². The Morgan fingerprint density at radius 1 is 0.923 bits per heavy atom. The van der Waals surface area contributed by atoms with E-state index in [0.717, 1.165) is 6.42 Å². The van der Waals surface area contributed by atoms with Crippen molar-refractivity contribution < 1.29 is 4.57 Å². The average molecular weight is 516 g/mol. The Balaban J connectivity index is 1.68. The zero-order valence-electron chi connectivity index (χ0n) is 25.1. The third-order valence-corrected chi connectivity index (χ3v) is 9.93. The Labute approximate surface area is 233 Å². The molecule has 3 aromatic heterocycles. The molecular weight excluding hydrogens is 472 g/mol. The molecule has 0 aliphatic heterocycles. The van der Waals surface area contributed by atoms with E-state index in [-0.39, 0.29) is 5.41 Å². The molecule has 3 heterocycles. The smallest absolute Gasteiger partial charge is 0.224 e. The van der Waals surface area contributed by atoms with E-state index in [9.17, 15) is 0 Å². The molecule has 0 atom stereocenters. The van der Waals surface area contributed by atoms with Crippen LogP contribution in [-0.4, -0.2) is 4.40 Å². The zero-order chi connectivity index (χ0) is 27.4. The highest BCUT2D eigenvalue weighted by Gasteiger charge is 2.30. The standard InChI is InChI=1S/C37H43N2/c1-22-18-28-32-26(21-36(3,4)5)10-9-11-29(32)39-30-20-27(24-12-15-37(6,7)16-13-24)19-25-14-17-38(8)35(33(25)30)31(23(22)2)34(28)39/h9-11,14,17-20,24H,12-13,15-16,21H2,1-8H3/q+1. The summed E-state index contributed by atoms with van der Waals surface area (Å²) in [4.78, 5) is 0. The summed E-state index contributed by atoms with van der Waals surface area (Å²) in [5.41, 5.74) is 12.0. The quantitative estimate of drug-likeness (QED) is 0.123. The Morgan fingerprint density at radius 2 is 1.67 bits per heavy atom. The van der Waals surface area contributed by atoms with Gasteiger partial charge >= 0.3 is 0 Å². The lowest BCUT2D eigenvalue weighted by Crippen LogP contribution is -2.29. The van der Waals surface area contributed by atoms with Gasteiger partial charge in [0.05, 0.1) is 27.3 Å². The van der Waals surface area contributed by atoms with Gasteiger partial charge in [0.15, 0.2) is 6.20 Å². The minimum absolute atomic E-state index is 0.225. The first-order valence-electron chi connectivity index (χ1n) is 15.0. The van der Waals surface area contributed by atoms with E-state index >= 15 is 0 Å². The number of hydrogen-bond acceptors (Lipinski definition) is 0. The summed E-state index contributed by atoms with van der Waals surface area (Å²) < 4.78 is 5.01. The van der Waals surface area contributed by atoms with Gasteiger partial charge in [0.1, 0.15) is 7.05 Å². The molecule has 6 aromatic rings. The predicted molar refractivity (Wildman–Crippen MR) is 167 cm³/mol. The molecule has 0 spiro atoms. The molecule has 2 nitrogen and oxygen atoms in total. The van der Waals surface area contributed by atoms with Gasteiger partial charge in [0, 0.05) is 16.8 Å². The second kappa shape index (κ2) is 8.19. The van der Waals surface area contributed by atoms with E-state index < -0.39 is 0 Å². The summed E-state index contributed by atoms with van der Waals surface area (Å²) in [5.74, 6) is 0.644. The first-order chi connectivity index (χ1) is 18.4. The molecule has 2 heteroatoms. The van der Waals surface area contributed by atoms with Crippen molar-refractivity contribution >= 4 is 49.0 Å². The molecule has 0 amide bonds. The Morgan fingerprint density at radius 3 is 2.38 bits per heavy atom. The molecule has 0 bridgehead atoms. The number of aromatic nitrogens is 2. The maximum absolute atomic E-state index is 2.64. The normalized spacial score (nSPS) is 17.0. The van der Waals surface area contributed by atoms with Gasteiger partial charge in [-0.25, -0.2) is 4.57 Å². The van der Waals surface area contributed by atoms with Crippen LogP contribution in [0.15, 0.2) is 48.7 Å². The van der Waals surface area contributed by atoms with Crippen LogP contribution in [-0.2, 0) is 13.5 Å². The van der Waals surface area contributed by atoms with Gasteiger partial charge in [0.25, 0.3) is 0 Å². The Hall–Kier alpha value is -3.13. The highest BCUT2D eigenvalue weighted by Crippen LogP contribution is 2.46. The zero-order valence-corrected chi connectivity index (χ0v) is 25.1. The van der Waals surface area contributed by atoms with Gasteiger partial charge in [-0.15, -0.1) is 0 Å². The number of benzene rings is 3. The molecule has 0 unspecified atom stereocenters. The van der Waals surface area contributed by atoms with Gasteiger partial charge in [0.2, 0.25) is 5.52 Å². The summed E-state index contributed by atoms with van der Waals surface area (Å²) in [7, 11) is 2.23. The second-order valence-electron chi connectivity index (χ2n) is 14.7. The van der Waals surface area contributed by atoms with Crippen molar-refractivity contribution in [1.82, 2.24) is 4.40 Å². The predicted octanol–water partition coefficient (Wildman–Crippen LogP) is 9.70. The van der Waals surface area contributed by atoms with Gasteiger partial charge in [-0.1, -0.05) is 52.8 Å². The van der Waals surface area contributed by atoms with E-state index in [2.05, 4.69) is 113 Å². The first kappa shape index (κ1) is 24.9. The Kier molecular flexibility index (Phi) is 5.23. The number of aryl methyl sites for hydroxylation is 3. The van der Waals surface area contributed by atoms with Gasteiger partial charge in [-0.3, -0.25) is 0 Å². The minimum Gasteiger partial charge on any atom is -0.307 e. The van der Waals surface area contributed by atoms with Crippen LogP contribution in [0.5, 0.6) is 0 Å². The number of nitrogens with zero attached hydrogens (tertiary/aromatic N) is 2. The third-order valence-electron chi connectivity index (χ3n) is 9.93. The SMILES string of the molecule is Cc1cc2c3c(CC(C)(C)C)cccc3n3c4cc(C5CCC(C)(C)CC5)cc5cc[n+](C)c(c(c1C)c23)c54. The second-order valence-corrected chi connectivity index (χ2v) is 14.7. The monoisotopic (exact) mass is 515 g/mol. The minimum atomic E-state index is 0.225. The van der Waals surface area contributed by atoms with Crippen LogP contribution in [0.4, 0.5) is 0 Å². The third kappa shape index (κ3) is 3.70. The lowest BCUT2D eigenvalue weighted by Gasteiger charge is -2.34. The maximum atomic E-state index is 2.64.